The highest BCUT2D eigenvalue weighted by Gasteiger charge is 2.18. The molecule has 1 aromatic heterocycles. The molecule has 4 nitrogen and oxygen atoms in total. The number of rotatable bonds is 5. The Kier molecular flexibility index (Phi) is 7.48. The molecule has 1 heterocycles. The fourth-order valence-electron chi connectivity index (χ4n) is 1.74. The van der Waals surface area contributed by atoms with Crippen LogP contribution in [0.4, 0.5) is 5.13 Å². The highest BCUT2D eigenvalue weighted by molar-refractivity contribution is 9.10. The summed E-state index contributed by atoms with van der Waals surface area (Å²) < 4.78 is 1.06. The molecule has 0 radical (unpaired) electrons. The lowest BCUT2D eigenvalue weighted by molar-refractivity contribution is -0.118. The molecular formula is C15H19BrClN3OS. The van der Waals surface area contributed by atoms with Crippen LogP contribution in [-0.4, -0.2) is 16.9 Å². The maximum atomic E-state index is 11.9. The van der Waals surface area contributed by atoms with E-state index in [1.165, 1.54) is 16.9 Å². The summed E-state index contributed by atoms with van der Waals surface area (Å²) >= 11 is 4.90. The predicted molar refractivity (Wildman–Crippen MR) is 97.8 cm³/mol. The molecule has 0 aliphatic heterocycles. The maximum absolute atomic E-state index is 11.9. The lowest BCUT2D eigenvalue weighted by Gasteiger charge is -2.13. The lowest BCUT2D eigenvalue weighted by Crippen LogP contribution is -2.39. The van der Waals surface area contributed by atoms with E-state index in [1.807, 2.05) is 26.0 Å². The summed E-state index contributed by atoms with van der Waals surface area (Å²) in [6, 6.07) is 7.65. The minimum atomic E-state index is -0.510. The molecule has 0 saturated heterocycles. The van der Waals surface area contributed by atoms with Gasteiger partial charge in [-0.15, -0.1) is 23.7 Å². The van der Waals surface area contributed by atoms with Crippen LogP contribution in [-0.2, 0) is 11.2 Å². The maximum Gasteiger partial charge on any atom is 0.243 e. The lowest BCUT2D eigenvalue weighted by atomic mass is 10.1. The summed E-state index contributed by atoms with van der Waals surface area (Å²) in [4.78, 5) is 17.2. The van der Waals surface area contributed by atoms with Gasteiger partial charge < -0.3 is 11.1 Å². The molecule has 0 aliphatic rings. The van der Waals surface area contributed by atoms with Gasteiger partial charge in [-0.3, -0.25) is 4.79 Å². The van der Waals surface area contributed by atoms with Gasteiger partial charge >= 0.3 is 0 Å². The van der Waals surface area contributed by atoms with E-state index in [0.717, 1.165) is 15.8 Å². The first kappa shape index (κ1) is 19.1. The zero-order chi connectivity index (χ0) is 15.4. The van der Waals surface area contributed by atoms with E-state index in [0.29, 0.717) is 5.13 Å². The van der Waals surface area contributed by atoms with Crippen molar-refractivity contribution in [3.63, 3.8) is 0 Å². The molecule has 0 spiro atoms. The second-order valence-corrected chi connectivity index (χ2v) is 7.22. The van der Waals surface area contributed by atoms with Crippen LogP contribution in [0.1, 0.15) is 24.3 Å². The van der Waals surface area contributed by atoms with E-state index in [4.69, 9.17) is 5.73 Å². The summed E-state index contributed by atoms with van der Waals surface area (Å²) in [5.41, 5.74) is 7.02. The van der Waals surface area contributed by atoms with Crippen LogP contribution in [0.5, 0.6) is 0 Å². The number of thiazole rings is 1. The van der Waals surface area contributed by atoms with E-state index in [-0.39, 0.29) is 24.2 Å². The zero-order valence-electron chi connectivity index (χ0n) is 12.4. The van der Waals surface area contributed by atoms with E-state index >= 15 is 0 Å². The SMILES string of the molecule is CC(C)[C@H](N)C(=O)Nc1ncc(Cc2ccc(Br)cc2)s1.Cl. The number of hydrogen-bond acceptors (Lipinski definition) is 4. The number of aromatic nitrogens is 1. The first-order valence-electron chi connectivity index (χ1n) is 6.71. The fraction of sp³-hybridized carbons (Fsp3) is 0.333. The molecule has 120 valence electrons. The number of nitrogens with one attached hydrogen (secondary N) is 1. The van der Waals surface area contributed by atoms with Gasteiger partial charge in [-0.2, -0.15) is 0 Å². The Labute approximate surface area is 149 Å². The van der Waals surface area contributed by atoms with Gasteiger partial charge in [0.2, 0.25) is 5.91 Å². The van der Waals surface area contributed by atoms with Gasteiger partial charge in [0, 0.05) is 22.0 Å². The van der Waals surface area contributed by atoms with Crippen LogP contribution < -0.4 is 11.1 Å². The van der Waals surface area contributed by atoms with Gasteiger partial charge in [0.25, 0.3) is 0 Å². The fourth-order valence-corrected chi connectivity index (χ4v) is 2.86. The van der Waals surface area contributed by atoms with Crippen LogP contribution in [0.2, 0.25) is 0 Å². The molecule has 0 saturated carbocycles. The van der Waals surface area contributed by atoms with Crippen LogP contribution in [0, 0.1) is 5.92 Å². The number of halogens is 2. The third kappa shape index (κ3) is 5.35. The Bertz CT molecular complexity index is 616. The molecule has 0 unspecified atom stereocenters. The van der Waals surface area contributed by atoms with Gasteiger partial charge in [-0.05, 0) is 23.6 Å². The second kappa shape index (κ2) is 8.62. The second-order valence-electron chi connectivity index (χ2n) is 5.19. The van der Waals surface area contributed by atoms with E-state index in [1.54, 1.807) is 6.20 Å². The Balaban J connectivity index is 0.00000242. The van der Waals surface area contributed by atoms with Crippen molar-refractivity contribution in [3.8, 4) is 0 Å². The monoisotopic (exact) mass is 403 g/mol. The number of anilines is 1. The molecule has 0 fully saturated rings. The molecule has 0 bridgehead atoms. The Hall–Kier alpha value is -0.950. The number of amides is 1. The van der Waals surface area contributed by atoms with Crippen LogP contribution in [0.3, 0.4) is 0 Å². The summed E-state index contributed by atoms with van der Waals surface area (Å²) in [7, 11) is 0. The summed E-state index contributed by atoms with van der Waals surface area (Å²) in [6.07, 6.45) is 2.60. The Morgan fingerprint density at radius 2 is 2.00 bits per heavy atom. The molecule has 0 aliphatic carbocycles. The normalized spacial score (nSPS) is 11.9. The molecule has 1 amide bonds. The third-order valence-corrected chi connectivity index (χ3v) is 4.54. The quantitative estimate of drug-likeness (QED) is 0.795. The van der Waals surface area contributed by atoms with Gasteiger partial charge in [0.15, 0.2) is 5.13 Å². The minimum Gasteiger partial charge on any atom is -0.320 e. The van der Waals surface area contributed by atoms with Crippen molar-refractivity contribution in [2.75, 3.05) is 5.32 Å². The summed E-state index contributed by atoms with van der Waals surface area (Å²) in [5, 5.41) is 3.37. The number of carbonyl (C=O) groups excluding carboxylic acids is 1. The highest BCUT2D eigenvalue weighted by atomic mass is 79.9. The molecule has 1 atom stereocenters. The van der Waals surface area contributed by atoms with E-state index in [9.17, 15) is 4.79 Å². The average molecular weight is 405 g/mol. The molecule has 2 aromatic rings. The molecule has 22 heavy (non-hydrogen) atoms. The van der Waals surface area contributed by atoms with Crippen molar-refractivity contribution in [1.82, 2.24) is 4.98 Å². The Morgan fingerprint density at radius 1 is 1.36 bits per heavy atom. The van der Waals surface area contributed by atoms with Crippen LogP contribution in [0.25, 0.3) is 0 Å². The van der Waals surface area contributed by atoms with Gasteiger partial charge in [0.1, 0.15) is 0 Å². The van der Waals surface area contributed by atoms with Crippen molar-refractivity contribution in [1.29, 1.82) is 0 Å². The molecule has 7 heteroatoms. The van der Waals surface area contributed by atoms with Gasteiger partial charge in [-0.1, -0.05) is 41.9 Å². The molecule has 3 N–H and O–H groups in total. The number of hydrogen-bond donors (Lipinski definition) is 2. The van der Waals surface area contributed by atoms with Crippen molar-refractivity contribution < 1.29 is 4.79 Å². The molecule has 1 aromatic carbocycles. The third-order valence-electron chi connectivity index (χ3n) is 3.10. The van der Waals surface area contributed by atoms with Gasteiger partial charge in [-0.25, -0.2) is 4.98 Å². The van der Waals surface area contributed by atoms with Crippen molar-refractivity contribution in [2.24, 2.45) is 11.7 Å². The number of benzene rings is 1. The van der Waals surface area contributed by atoms with E-state index < -0.39 is 6.04 Å². The largest absolute Gasteiger partial charge is 0.320 e. The number of nitrogens with two attached hydrogens (primary N) is 1. The molecule has 2 rings (SSSR count). The average Bonchev–Trinajstić information content (AvgIpc) is 2.87. The molecular weight excluding hydrogens is 386 g/mol. The van der Waals surface area contributed by atoms with Crippen LogP contribution in [0.15, 0.2) is 34.9 Å². The smallest absolute Gasteiger partial charge is 0.243 e. The van der Waals surface area contributed by atoms with E-state index in [2.05, 4.69) is 38.4 Å². The highest BCUT2D eigenvalue weighted by Crippen LogP contribution is 2.22. The van der Waals surface area contributed by atoms with Crippen molar-refractivity contribution in [3.05, 3.63) is 45.4 Å². The Morgan fingerprint density at radius 3 is 2.59 bits per heavy atom. The van der Waals surface area contributed by atoms with Gasteiger partial charge in [0.05, 0.1) is 6.04 Å². The standard InChI is InChI=1S/C15H18BrN3OS.ClH/c1-9(2)13(17)14(20)19-15-18-8-12(21-15)7-10-3-5-11(16)6-4-10;/h3-6,8-9,13H,7,17H2,1-2H3,(H,18,19,20);1H/t13-;/m0./s1. The predicted octanol–water partition coefficient (Wildman–Crippen LogP) is 3.84. The topological polar surface area (TPSA) is 68.0 Å². The number of nitrogens with zero attached hydrogens (tertiary/aromatic N) is 1. The zero-order valence-corrected chi connectivity index (χ0v) is 15.6. The summed E-state index contributed by atoms with van der Waals surface area (Å²) in [6.45, 7) is 3.84. The first-order chi connectivity index (χ1) is 9.95. The minimum absolute atomic E-state index is 0. The first-order valence-corrected chi connectivity index (χ1v) is 8.32. The van der Waals surface area contributed by atoms with Crippen LogP contribution >= 0.6 is 39.7 Å². The summed E-state index contributed by atoms with van der Waals surface area (Å²) in [5.74, 6) is -0.0817. The van der Waals surface area contributed by atoms with Crippen molar-refractivity contribution in [2.45, 2.75) is 26.3 Å². The van der Waals surface area contributed by atoms with Crippen molar-refractivity contribution >= 4 is 50.7 Å². The number of carbonyl (C=O) groups is 1.